The maximum Gasteiger partial charge on any atom is 0.262 e. The zero-order valence-corrected chi connectivity index (χ0v) is 17.2. The van der Waals surface area contributed by atoms with E-state index in [-0.39, 0.29) is 24.4 Å². The van der Waals surface area contributed by atoms with Gasteiger partial charge in [0.15, 0.2) is 0 Å². The Bertz CT molecular complexity index is 1090. The lowest BCUT2D eigenvalue weighted by Crippen LogP contribution is -2.28. The van der Waals surface area contributed by atoms with E-state index >= 15 is 0 Å². The first kappa shape index (κ1) is 19.3. The first-order valence-corrected chi connectivity index (χ1v) is 9.92. The van der Waals surface area contributed by atoms with Gasteiger partial charge >= 0.3 is 0 Å². The number of aryl methyl sites for hydroxylation is 3. The molecule has 1 aromatic carbocycles. The summed E-state index contributed by atoms with van der Waals surface area (Å²) in [5.41, 5.74) is 9.59. The van der Waals surface area contributed by atoms with Gasteiger partial charge in [0.1, 0.15) is 10.7 Å². The van der Waals surface area contributed by atoms with Gasteiger partial charge in [-0.2, -0.15) is 0 Å². The minimum atomic E-state index is -0.424. The van der Waals surface area contributed by atoms with Crippen molar-refractivity contribution in [3.05, 3.63) is 50.4 Å². The Labute approximate surface area is 162 Å². The smallest absolute Gasteiger partial charge is 0.262 e. The summed E-state index contributed by atoms with van der Waals surface area (Å²) in [5, 5.41) is 0.634. The molecule has 1 amide bonds. The molecule has 0 aliphatic rings. The van der Waals surface area contributed by atoms with Crippen molar-refractivity contribution >= 4 is 27.5 Å². The van der Waals surface area contributed by atoms with Crippen LogP contribution in [0.1, 0.15) is 48.0 Å². The van der Waals surface area contributed by atoms with E-state index in [2.05, 4.69) is 32.0 Å². The van der Waals surface area contributed by atoms with Gasteiger partial charge in [0.2, 0.25) is 5.91 Å². The Morgan fingerprint density at radius 1 is 1.22 bits per heavy atom. The predicted molar refractivity (Wildman–Crippen MR) is 111 cm³/mol. The van der Waals surface area contributed by atoms with Crippen LogP contribution in [0.4, 0.5) is 0 Å². The summed E-state index contributed by atoms with van der Waals surface area (Å²) < 4.78 is 1.62. The number of thiophene rings is 1. The minimum absolute atomic E-state index is 0.0717. The van der Waals surface area contributed by atoms with Crippen LogP contribution >= 0.6 is 11.3 Å². The number of fused-ring (bicyclic) bond motifs is 1. The molecule has 0 atom stereocenters. The number of rotatable bonds is 5. The van der Waals surface area contributed by atoms with E-state index in [1.165, 1.54) is 11.1 Å². The predicted octanol–water partition coefficient (Wildman–Crippen LogP) is 4.05. The first-order chi connectivity index (χ1) is 12.7. The number of aromatic nitrogens is 2. The summed E-state index contributed by atoms with van der Waals surface area (Å²) in [6.45, 7) is 10.4. The number of primary amides is 1. The number of nitrogens with two attached hydrogens (primary N) is 1. The SMILES string of the molecule is Cc1ccc(-c2c(C)sc3nc(C(C)C)n(CCC(N)=O)c(=O)c23)cc1C. The van der Waals surface area contributed by atoms with E-state index in [9.17, 15) is 9.59 Å². The summed E-state index contributed by atoms with van der Waals surface area (Å²) in [4.78, 5) is 31.3. The number of benzene rings is 1. The third-order valence-electron chi connectivity index (χ3n) is 4.91. The molecular weight excluding hydrogens is 358 g/mol. The van der Waals surface area contributed by atoms with Crippen LogP contribution in [0.25, 0.3) is 21.3 Å². The zero-order valence-electron chi connectivity index (χ0n) is 16.4. The first-order valence-electron chi connectivity index (χ1n) is 9.10. The van der Waals surface area contributed by atoms with Crippen molar-refractivity contribution in [2.45, 2.75) is 53.5 Å². The number of nitrogens with zero attached hydrogens (tertiary/aromatic N) is 2. The molecule has 2 aromatic heterocycles. The highest BCUT2D eigenvalue weighted by Gasteiger charge is 2.21. The average molecular weight is 384 g/mol. The molecule has 3 rings (SSSR count). The Hall–Kier alpha value is -2.47. The summed E-state index contributed by atoms with van der Waals surface area (Å²) >= 11 is 1.55. The lowest BCUT2D eigenvalue weighted by Gasteiger charge is -2.15. The largest absolute Gasteiger partial charge is 0.370 e. The summed E-state index contributed by atoms with van der Waals surface area (Å²) in [6.07, 6.45) is 0.120. The van der Waals surface area contributed by atoms with Gasteiger partial charge in [-0.25, -0.2) is 4.98 Å². The van der Waals surface area contributed by atoms with Crippen molar-refractivity contribution in [2.75, 3.05) is 0 Å². The van der Waals surface area contributed by atoms with E-state index < -0.39 is 5.91 Å². The standard InChI is InChI=1S/C21H25N3O2S/c1-11(2)19-23-20-18(21(26)24(19)9-8-16(22)25)17(14(5)27-20)15-7-6-12(3)13(4)10-15/h6-7,10-11H,8-9H2,1-5H3,(H2,22,25). The molecule has 2 heterocycles. The number of hydrogen-bond donors (Lipinski definition) is 1. The van der Waals surface area contributed by atoms with Crippen LogP contribution in [0.2, 0.25) is 0 Å². The number of carbonyl (C=O) groups is 1. The Morgan fingerprint density at radius 2 is 1.93 bits per heavy atom. The van der Waals surface area contributed by atoms with Crippen LogP contribution in [-0.4, -0.2) is 15.5 Å². The molecule has 0 saturated carbocycles. The molecule has 0 fully saturated rings. The summed E-state index contributed by atoms with van der Waals surface area (Å²) in [7, 11) is 0. The highest BCUT2D eigenvalue weighted by atomic mass is 32.1. The second-order valence-electron chi connectivity index (χ2n) is 7.31. The molecule has 6 heteroatoms. The van der Waals surface area contributed by atoms with Gasteiger partial charge < -0.3 is 5.73 Å². The molecular formula is C21H25N3O2S. The third-order valence-corrected chi connectivity index (χ3v) is 5.91. The van der Waals surface area contributed by atoms with E-state index in [1.54, 1.807) is 15.9 Å². The van der Waals surface area contributed by atoms with Crippen molar-refractivity contribution in [3.63, 3.8) is 0 Å². The van der Waals surface area contributed by atoms with Crippen LogP contribution in [0.5, 0.6) is 0 Å². The lowest BCUT2D eigenvalue weighted by atomic mass is 9.99. The van der Waals surface area contributed by atoms with Crippen LogP contribution in [0.3, 0.4) is 0 Å². The van der Waals surface area contributed by atoms with Gasteiger partial charge in [0.05, 0.1) is 5.39 Å². The maximum atomic E-state index is 13.4. The molecule has 2 N–H and O–H groups in total. The van der Waals surface area contributed by atoms with Crippen molar-refractivity contribution in [3.8, 4) is 11.1 Å². The average Bonchev–Trinajstić information content (AvgIpc) is 2.92. The maximum absolute atomic E-state index is 13.4. The van der Waals surface area contributed by atoms with Crippen molar-refractivity contribution < 1.29 is 4.79 Å². The van der Waals surface area contributed by atoms with Gasteiger partial charge in [-0.3, -0.25) is 14.2 Å². The normalized spacial score (nSPS) is 11.5. The van der Waals surface area contributed by atoms with Crippen LogP contribution in [0, 0.1) is 20.8 Å². The molecule has 0 radical (unpaired) electrons. The molecule has 0 spiro atoms. The molecule has 27 heavy (non-hydrogen) atoms. The Kier molecular flexibility index (Phi) is 5.20. The molecule has 0 aliphatic carbocycles. The van der Waals surface area contributed by atoms with Gasteiger partial charge in [-0.15, -0.1) is 11.3 Å². The Morgan fingerprint density at radius 3 is 2.52 bits per heavy atom. The van der Waals surface area contributed by atoms with Crippen molar-refractivity contribution in [2.24, 2.45) is 5.73 Å². The number of carbonyl (C=O) groups excluding carboxylic acids is 1. The zero-order chi connectivity index (χ0) is 19.9. The molecule has 0 aliphatic heterocycles. The fourth-order valence-corrected chi connectivity index (χ4v) is 4.38. The van der Waals surface area contributed by atoms with E-state index in [4.69, 9.17) is 10.7 Å². The van der Waals surface area contributed by atoms with Crippen LogP contribution in [0.15, 0.2) is 23.0 Å². The monoisotopic (exact) mass is 383 g/mol. The molecule has 142 valence electrons. The Balaban J connectivity index is 2.32. The highest BCUT2D eigenvalue weighted by Crippen LogP contribution is 2.36. The fraction of sp³-hybridized carbons (Fsp3) is 0.381. The topological polar surface area (TPSA) is 78.0 Å². The molecule has 0 saturated heterocycles. The summed E-state index contributed by atoms with van der Waals surface area (Å²) in [5.74, 6) is 0.344. The van der Waals surface area contributed by atoms with E-state index in [0.717, 1.165) is 20.8 Å². The van der Waals surface area contributed by atoms with Crippen LogP contribution in [-0.2, 0) is 11.3 Å². The van der Waals surface area contributed by atoms with Gasteiger partial charge in [-0.1, -0.05) is 32.0 Å². The van der Waals surface area contributed by atoms with Crippen molar-refractivity contribution in [1.82, 2.24) is 9.55 Å². The molecule has 0 bridgehead atoms. The number of amides is 1. The fourth-order valence-electron chi connectivity index (χ4n) is 3.33. The number of hydrogen-bond acceptors (Lipinski definition) is 4. The van der Waals surface area contributed by atoms with Gasteiger partial charge in [0.25, 0.3) is 5.56 Å². The van der Waals surface area contributed by atoms with Crippen LogP contribution < -0.4 is 11.3 Å². The molecule has 3 aromatic rings. The van der Waals surface area contributed by atoms with Gasteiger partial charge in [0, 0.05) is 29.3 Å². The second-order valence-corrected chi connectivity index (χ2v) is 8.51. The summed E-state index contributed by atoms with van der Waals surface area (Å²) in [6, 6.07) is 6.25. The van der Waals surface area contributed by atoms with E-state index in [0.29, 0.717) is 11.2 Å². The van der Waals surface area contributed by atoms with Crippen molar-refractivity contribution in [1.29, 1.82) is 0 Å². The molecule has 0 unspecified atom stereocenters. The minimum Gasteiger partial charge on any atom is -0.370 e. The molecule has 5 nitrogen and oxygen atoms in total. The quantitative estimate of drug-likeness (QED) is 0.722. The lowest BCUT2D eigenvalue weighted by molar-refractivity contribution is -0.118. The highest BCUT2D eigenvalue weighted by molar-refractivity contribution is 7.19. The van der Waals surface area contributed by atoms with Gasteiger partial charge in [-0.05, 0) is 37.5 Å². The third kappa shape index (κ3) is 3.54. The van der Waals surface area contributed by atoms with E-state index in [1.807, 2.05) is 20.8 Å². The second kappa shape index (κ2) is 7.27.